The molecule has 2 rings (SSSR count). The lowest BCUT2D eigenvalue weighted by atomic mass is 10.2. The second kappa shape index (κ2) is 4.70. The maximum absolute atomic E-state index is 5.20. The largest absolute Gasteiger partial charge is 0.369 e. The highest BCUT2D eigenvalue weighted by atomic mass is 15.3. The van der Waals surface area contributed by atoms with Gasteiger partial charge in [-0.2, -0.15) is 10.2 Å². The molecule has 0 fully saturated rings. The second-order valence-electron chi connectivity index (χ2n) is 3.93. The first-order chi connectivity index (χ1) is 8.54. The molecule has 8 N–H and O–H groups in total. The van der Waals surface area contributed by atoms with Crippen LogP contribution in [0.1, 0.15) is 12.8 Å². The summed E-state index contributed by atoms with van der Waals surface area (Å²) < 4.78 is 0. The van der Waals surface area contributed by atoms with Crippen LogP contribution in [0.2, 0.25) is 0 Å². The SMILES string of the molecule is NC(N)=N/N=C1/C=C2C/C(=N\N=C(N)N)C=C2C1. The van der Waals surface area contributed by atoms with Crippen LogP contribution in [0.15, 0.2) is 43.7 Å². The molecule has 2 aliphatic rings. The lowest BCUT2D eigenvalue weighted by Crippen LogP contribution is -2.22. The molecule has 0 bridgehead atoms. The molecule has 2 aliphatic carbocycles. The Kier molecular flexibility index (Phi) is 3.09. The molecule has 8 heteroatoms. The number of fused-ring (bicyclic) bond motifs is 1. The fourth-order valence-electron chi connectivity index (χ4n) is 1.78. The summed E-state index contributed by atoms with van der Waals surface area (Å²) in [5.74, 6) is -0.108. The van der Waals surface area contributed by atoms with E-state index >= 15 is 0 Å². The molecular formula is C10H14N8. The van der Waals surface area contributed by atoms with Crippen LogP contribution in [0.25, 0.3) is 0 Å². The van der Waals surface area contributed by atoms with Gasteiger partial charge in [0.1, 0.15) is 0 Å². The first-order valence-corrected chi connectivity index (χ1v) is 5.27. The van der Waals surface area contributed by atoms with E-state index < -0.39 is 0 Å². The molecule has 0 saturated carbocycles. The zero-order chi connectivity index (χ0) is 13.1. The lowest BCUT2D eigenvalue weighted by molar-refractivity contribution is 1.18. The molecule has 0 aliphatic heterocycles. The molecule has 0 saturated heterocycles. The first-order valence-electron chi connectivity index (χ1n) is 5.27. The Morgan fingerprint density at radius 1 is 0.778 bits per heavy atom. The van der Waals surface area contributed by atoms with E-state index in [9.17, 15) is 0 Å². The Bertz CT molecular complexity index is 488. The summed E-state index contributed by atoms with van der Waals surface area (Å²) >= 11 is 0. The highest BCUT2D eigenvalue weighted by Crippen LogP contribution is 2.32. The van der Waals surface area contributed by atoms with Crippen molar-refractivity contribution in [3.63, 3.8) is 0 Å². The molecule has 0 unspecified atom stereocenters. The number of nitrogens with two attached hydrogens (primary N) is 4. The number of guanidine groups is 2. The van der Waals surface area contributed by atoms with Gasteiger partial charge in [0.05, 0.1) is 11.4 Å². The van der Waals surface area contributed by atoms with Crippen LogP contribution >= 0.6 is 0 Å². The van der Waals surface area contributed by atoms with Crippen molar-refractivity contribution < 1.29 is 0 Å². The van der Waals surface area contributed by atoms with Gasteiger partial charge in [0.15, 0.2) is 0 Å². The van der Waals surface area contributed by atoms with E-state index in [1.54, 1.807) is 0 Å². The third kappa shape index (κ3) is 2.73. The van der Waals surface area contributed by atoms with Crippen molar-refractivity contribution in [3.05, 3.63) is 23.3 Å². The van der Waals surface area contributed by atoms with Gasteiger partial charge in [-0.15, -0.1) is 10.2 Å². The predicted molar refractivity (Wildman–Crippen MR) is 71.9 cm³/mol. The van der Waals surface area contributed by atoms with Gasteiger partial charge in [-0.1, -0.05) is 0 Å². The molecule has 0 amide bonds. The van der Waals surface area contributed by atoms with E-state index in [-0.39, 0.29) is 11.9 Å². The highest BCUT2D eigenvalue weighted by Gasteiger charge is 2.23. The lowest BCUT2D eigenvalue weighted by Gasteiger charge is -1.91. The summed E-state index contributed by atoms with van der Waals surface area (Å²) in [7, 11) is 0. The summed E-state index contributed by atoms with van der Waals surface area (Å²) in [6.07, 6.45) is 5.26. The summed E-state index contributed by atoms with van der Waals surface area (Å²) in [5.41, 5.74) is 24.8. The Morgan fingerprint density at radius 3 is 1.50 bits per heavy atom. The normalized spacial score (nSPS) is 21.6. The summed E-state index contributed by atoms with van der Waals surface area (Å²) in [5, 5.41) is 15.1. The Morgan fingerprint density at radius 2 is 1.17 bits per heavy atom. The molecular weight excluding hydrogens is 232 g/mol. The summed E-state index contributed by atoms with van der Waals surface area (Å²) in [4.78, 5) is 0. The van der Waals surface area contributed by atoms with Crippen LogP contribution in [0.3, 0.4) is 0 Å². The smallest absolute Gasteiger partial charge is 0.211 e. The van der Waals surface area contributed by atoms with Crippen LogP contribution < -0.4 is 22.9 Å². The molecule has 18 heavy (non-hydrogen) atoms. The molecule has 94 valence electrons. The molecule has 0 aromatic rings. The van der Waals surface area contributed by atoms with Gasteiger partial charge >= 0.3 is 0 Å². The van der Waals surface area contributed by atoms with Gasteiger partial charge in [0.2, 0.25) is 11.9 Å². The van der Waals surface area contributed by atoms with Crippen LogP contribution in [0.4, 0.5) is 0 Å². The van der Waals surface area contributed by atoms with E-state index in [0.29, 0.717) is 12.8 Å². The van der Waals surface area contributed by atoms with E-state index in [2.05, 4.69) is 20.4 Å². The molecule has 0 radical (unpaired) electrons. The minimum Gasteiger partial charge on any atom is -0.369 e. The Balaban J connectivity index is 2.11. The number of allylic oxidation sites excluding steroid dienone is 4. The number of hydrogen-bond acceptors (Lipinski definition) is 4. The second-order valence-corrected chi connectivity index (χ2v) is 3.93. The maximum atomic E-state index is 5.20. The Hall–Kier alpha value is -2.64. The number of rotatable bonds is 2. The van der Waals surface area contributed by atoms with E-state index in [1.165, 1.54) is 0 Å². The van der Waals surface area contributed by atoms with E-state index in [4.69, 9.17) is 22.9 Å². The van der Waals surface area contributed by atoms with Crippen molar-refractivity contribution in [2.24, 2.45) is 43.3 Å². The fraction of sp³-hybridized carbons (Fsp3) is 0.200. The van der Waals surface area contributed by atoms with Crippen molar-refractivity contribution in [1.82, 2.24) is 0 Å². The van der Waals surface area contributed by atoms with Gasteiger partial charge in [0.25, 0.3) is 0 Å². The zero-order valence-corrected chi connectivity index (χ0v) is 9.67. The molecule has 0 heterocycles. The van der Waals surface area contributed by atoms with Crippen LogP contribution in [-0.4, -0.2) is 23.3 Å². The molecule has 0 aromatic heterocycles. The number of nitrogens with zero attached hydrogens (tertiary/aromatic N) is 4. The standard InChI is InChI=1S/C10H14N8/c11-9(12)17-15-7-1-5-2-8(4-6(5)3-7)16-18-10(13)14/h1,4H,2-3H2,(H4,11,12,17)(H4,13,14,18)/b15-7-,16-8+. The zero-order valence-electron chi connectivity index (χ0n) is 9.67. The Labute approximate surface area is 104 Å². The monoisotopic (exact) mass is 246 g/mol. The van der Waals surface area contributed by atoms with Crippen molar-refractivity contribution in [2.45, 2.75) is 12.8 Å². The van der Waals surface area contributed by atoms with Crippen molar-refractivity contribution >= 4 is 23.3 Å². The highest BCUT2D eigenvalue weighted by molar-refractivity contribution is 6.10. The first kappa shape index (κ1) is 11.8. The van der Waals surface area contributed by atoms with Gasteiger partial charge in [-0.05, 0) is 23.3 Å². The van der Waals surface area contributed by atoms with Gasteiger partial charge in [-0.3, -0.25) is 0 Å². The number of hydrogen-bond donors (Lipinski definition) is 4. The molecule has 0 atom stereocenters. The third-order valence-electron chi connectivity index (χ3n) is 2.43. The minimum absolute atomic E-state index is 0.0538. The van der Waals surface area contributed by atoms with Gasteiger partial charge < -0.3 is 22.9 Å². The van der Waals surface area contributed by atoms with E-state index in [1.807, 2.05) is 12.2 Å². The van der Waals surface area contributed by atoms with Crippen LogP contribution in [0, 0.1) is 0 Å². The van der Waals surface area contributed by atoms with Crippen LogP contribution in [0.5, 0.6) is 0 Å². The fourth-order valence-corrected chi connectivity index (χ4v) is 1.78. The minimum atomic E-state index is -0.0538. The topological polar surface area (TPSA) is 154 Å². The quantitative estimate of drug-likeness (QED) is 0.277. The van der Waals surface area contributed by atoms with Crippen molar-refractivity contribution in [2.75, 3.05) is 0 Å². The molecule has 0 aromatic carbocycles. The average molecular weight is 246 g/mol. The predicted octanol–water partition coefficient (Wildman–Crippen LogP) is -1.09. The van der Waals surface area contributed by atoms with Crippen molar-refractivity contribution in [3.8, 4) is 0 Å². The van der Waals surface area contributed by atoms with E-state index in [0.717, 1.165) is 22.6 Å². The molecule has 0 spiro atoms. The van der Waals surface area contributed by atoms with Gasteiger partial charge in [-0.25, -0.2) is 0 Å². The summed E-state index contributed by atoms with van der Waals surface area (Å²) in [6, 6.07) is 0. The third-order valence-corrected chi connectivity index (χ3v) is 2.43. The maximum Gasteiger partial charge on any atom is 0.211 e. The average Bonchev–Trinajstić information content (AvgIpc) is 2.80. The summed E-state index contributed by atoms with van der Waals surface area (Å²) in [6.45, 7) is 0. The molecule has 8 nitrogen and oxygen atoms in total. The van der Waals surface area contributed by atoms with Crippen LogP contribution in [-0.2, 0) is 0 Å². The van der Waals surface area contributed by atoms with Gasteiger partial charge in [0, 0.05) is 12.8 Å². The van der Waals surface area contributed by atoms with Crippen molar-refractivity contribution in [1.29, 1.82) is 0 Å².